The predicted molar refractivity (Wildman–Crippen MR) is 67.5 cm³/mol. The molecule has 18 heavy (non-hydrogen) atoms. The van der Waals surface area contributed by atoms with Crippen molar-refractivity contribution in [2.45, 2.75) is 13.0 Å². The van der Waals surface area contributed by atoms with Gasteiger partial charge >= 0.3 is 0 Å². The van der Waals surface area contributed by atoms with Gasteiger partial charge in [-0.2, -0.15) is 0 Å². The van der Waals surface area contributed by atoms with Crippen molar-refractivity contribution >= 4 is 5.91 Å². The maximum absolute atomic E-state index is 12.9. The zero-order valence-corrected chi connectivity index (χ0v) is 10.6. The van der Waals surface area contributed by atoms with Gasteiger partial charge in [0.2, 0.25) is 5.91 Å². The second-order valence-electron chi connectivity index (χ2n) is 4.27. The fourth-order valence-corrected chi connectivity index (χ4v) is 1.60. The maximum atomic E-state index is 12.9. The first-order valence-corrected chi connectivity index (χ1v) is 5.90. The summed E-state index contributed by atoms with van der Waals surface area (Å²) >= 11 is 0. The summed E-state index contributed by atoms with van der Waals surface area (Å²) in [7, 11) is 1.77. The molecule has 100 valence electrons. The van der Waals surface area contributed by atoms with Crippen LogP contribution in [0, 0.1) is 11.7 Å². The van der Waals surface area contributed by atoms with E-state index in [2.05, 4.69) is 10.6 Å². The zero-order chi connectivity index (χ0) is 13.5. The van der Waals surface area contributed by atoms with Gasteiger partial charge < -0.3 is 15.7 Å². The molecule has 0 aromatic heterocycles. The molecule has 0 fully saturated rings. The van der Waals surface area contributed by atoms with Gasteiger partial charge in [0.25, 0.3) is 0 Å². The molecule has 5 heteroatoms. The molecule has 0 aliphatic rings. The Hall–Kier alpha value is -1.46. The third-order valence-electron chi connectivity index (χ3n) is 2.66. The average Bonchev–Trinajstić information content (AvgIpc) is 2.35. The van der Waals surface area contributed by atoms with E-state index in [4.69, 9.17) is 0 Å². The minimum Gasteiger partial charge on any atom is -0.387 e. The van der Waals surface area contributed by atoms with E-state index >= 15 is 0 Å². The largest absolute Gasteiger partial charge is 0.387 e. The summed E-state index contributed by atoms with van der Waals surface area (Å²) in [6.45, 7) is 2.44. The molecule has 2 unspecified atom stereocenters. The molecule has 4 nitrogen and oxygen atoms in total. The van der Waals surface area contributed by atoms with Gasteiger partial charge in [-0.1, -0.05) is 19.1 Å². The highest BCUT2D eigenvalue weighted by molar-refractivity contribution is 5.78. The van der Waals surface area contributed by atoms with Crippen LogP contribution in [0.25, 0.3) is 0 Å². The zero-order valence-electron chi connectivity index (χ0n) is 10.6. The predicted octanol–water partition coefficient (Wildman–Crippen LogP) is 0.831. The Morgan fingerprint density at radius 3 is 2.78 bits per heavy atom. The number of nitrogens with one attached hydrogen (secondary N) is 2. The van der Waals surface area contributed by atoms with Crippen LogP contribution in [0.15, 0.2) is 24.3 Å². The molecule has 0 radical (unpaired) electrons. The van der Waals surface area contributed by atoms with E-state index in [-0.39, 0.29) is 18.4 Å². The molecule has 0 heterocycles. The molecule has 0 bridgehead atoms. The maximum Gasteiger partial charge on any atom is 0.224 e. The lowest BCUT2D eigenvalue weighted by Crippen LogP contribution is -2.36. The number of carbonyl (C=O) groups excluding carboxylic acids is 1. The number of rotatable bonds is 6. The second-order valence-corrected chi connectivity index (χ2v) is 4.27. The fourth-order valence-electron chi connectivity index (χ4n) is 1.60. The van der Waals surface area contributed by atoms with E-state index in [9.17, 15) is 14.3 Å². The number of aliphatic hydroxyl groups is 1. The average molecular weight is 254 g/mol. The Morgan fingerprint density at radius 1 is 1.44 bits per heavy atom. The molecule has 0 aliphatic heterocycles. The van der Waals surface area contributed by atoms with Gasteiger partial charge in [0.15, 0.2) is 0 Å². The number of halogens is 1. The summed E-state index contributed by atoms with van der Waals surface area (Å²) in [5, 5.41) is 15.3. The number of hydrogen-bond acceptors (Lipinski definition) is 3. The van der Waals surface area contributed by atoms with Crippen LogP contribution in [0.2, 0.25) is 0 Å². The van der Waals surface area contributed by atoms with Crippen LogP contribution in [-0.2, 0) is 4.79 Å². The molecule has 0 saturated heterocycles. The molecule has 0 saturated carbocycles. The molecule has 3 N–H and O–H groups in total. The lowest BCUT2D eigenvalue weighted by molar-refractivity contribution is -0.124. The first kappa shape index (κ1) is 14.6. The van der Waals surface area contributed by atoms with Gasteiger partial charge in [0.05, 0.1) is 6.10 Å². The van der Waals surface area contributed by atoms with Crippen molar-refractivity contribution in [1.29, 1.82) is 0 Å². The van der Waals surface area contributed by atoms with Crippen molar-refractivity contribution in [1.82, 2.24) is 10.6 Å². The first-order chi connectivity index (χ1) is 8.54. The smallest absolute Gasteiger partial charge is 0.224 e. The number of carbonyl (C=O) groups is 1. The van der Waals surface area contributed by atoms with Crippen LogP contribution in [0.3, 0.4) is 0 Å². The standard InChI is InChI=1S/C13H19FN2O2/c1-9(7-15-2)13(18)16-8-12(17)10-4-3-5-11(14)6-10/h3-6,9,12,15,17H,7-8H2,1-2H3,(H,16,18). The summed E-state index contributed by atoms with van der Waals surface area (Å²) in [4.78, 5) is 11.6. The van der Waals surface area contributed by atoms with Gasteiger partial charge in [-0.05, 0) is 24.7 Å². The van der Waals surface area contributed by atoms with Crippen LogP contribution < -0.4 is 10.6 Å². The van der Waals surface area contributed by atoms with Crippen molar-refractivity contribution in [3.8, 4) is 0 Å². The molecular weight excluding hydrogens is 235 g/mol. The Labute approximate surface area is 106 Å². The highest BCUT2D eigenvalue weighted by Crippen LogP contribution is 2.13. The SMILES string of the molecule is CNCC(C)C(=O)NCC(O)c1cccc(F)c1. The second kappa shape index (κ2) is 7.08. The summed E-state index contributed by atoms with van der Waals surface area (Å²) in [6, 6.07) is 5.72. The molecule has 0 aliphatic carbocycles. The van der Waals surface area contributed by atoms with Gasteiger partial charge in [-0.3, -0.25) is 4.79 Å². The summed E-state index contributed by atoms with van der Waals surface area (Å²) < 4.78 is 12.9. The summed E-state index contributed by atoms with van der Waals surface area (Å²) in [6.07, 6.45) is -0.897. The monoisotopic (exact) mass is 254 g/mol. The molecule has 1 aromatic carbocycles. The minimum absolute atomic E-state index is 0.0797. The number of benzene rings is 1. The van der Waals surface area contributed by atoms with Gasteiger partial charge in [0, 0.05) is 19.0 Å². The van der Waals surface area contributed by atoms with Crippen molar-refractivity contribution in [3.05, 3.63) is 35.6 Å². The molecule has 1 amide bonds. The lowest BCUT2D eigenvalue weighted by atomic mass is 10.1. The highest BCUT2D eigenvalue weighted by atomic mass is 19.1. The molecule has 1 rings (SSSR count). The number of hydrogen-bond donors (Lipinski definition) is 3. The van der Waals surface area contributed by atoms with Crippen LogP contribution in [0.1, 0.15) is 18.6 Å². The lowest BCUT2D eigenvalue weighted by Gasteiger charge is -2.15. The molecule has 2 atom stereocenters. The highest BCUT2D eigenvalue weighted by Gasteiger charge is 2.14. The van der Waals surface area contributed by atoms with Crippen molar-refractivity contribution in [2.75, 3.05) is 20.1 Å². The Kier molecular flexibility index (Phi) is 5.74. The van der Waals surface area contributed by atoms with E-state index in [0.29, 0.717) is 12.1 Å². The summed E-state index contributed by atoms with van der Waals surface area (Å²) in [5.74, 6) is -0.712. The van der Waals surface area contributed by atoms with E-state index < -0.39 is 11.9 Å². The third-order valence-corrected chi connectivity index (χ3v) is 2.66. The molecular formula is C13H19FN2O2. The number of amides is 1. The van der Waals surface area contributed by atoms with Crippen molar-refractivity contribution < 1.29 is 14.3 Å². The van der Waals surface area contributed by atoms with Crippen molar-refractivity contribution in [2.24, 2.45) is 5.92 Å². The molecule has 1 aromatic rings. The van der Waals surface area contributed by atoms with E-state index in [1.807, 2.05) is 0 Å². The topological polar surface area (TPSA) is 61.4 Å². The van der Waals surface area contributed by atoms with Crippen LogP contribution in [0.5, 0.6) is 0 Å². The van der Waals surface area contributed by atoms with Gasteiger partial charge in [0.1, 0.15) is 5.82 Å². The van der Waals surface area contributed by atoms with Gasteiger partial charge in [-0.15, -0.1) is 0 Å². The fraction of sp³-hybridized carbons (Fsp3) is 0.462. The quantitative estimate of drug-likeness (QED) is 0.704. The van der Waals surface area contributed by atoms with E-state index in [1.165, 1.54) is 18.2 Å². The Balaban J connectivity index is 2.46. The number of aliphatic hydroxyl groups excluding tert-OH is 1. The Morgan fingerprint density at radius 2 is 2.17 bits per heavy atom. The first-order valence-electron chi connectivity index (χ1n) is 5.90. The van der Waals surface area contributed by atoms with Crippen LogP contribution in [0.4, 0.5) is 4.39 Å². The van der Waals surface area contributed by atoms with Crippen LogP contribution in [-0.4, -0.2) is 31.2 Å². The molecule has 0 spiro atoms. The van der Waals surface area contributed by atoms with E-state index in [1.54, 1.807) is 20.0 Å². The van der Waals surface area contributed by atoms with Crippen molar-refractivity contribution in [3.63, 3.8) is 0 Å². The normalized spacial score (nSPS) is 14.0. The third kappa shape index (κ3) is 4.43. The van der Waals surface area contributed by atoms with E-state index in [0.717, 1.165) is 0 Å². The minimum atomic E-state index is -0.897. The Bertz CT molecular complexity index is 398. The summed E-state index contributed by atoms with van der Waals surface area (Å²) in [5.41, 5.74) is 0.455. The van der Waals surface area contributed by atoms with Gasteiger partial charge in [-0.25, -0.2) is 4.39 Å². The van der Waals surface area contributed by atoms with Crippen LogP contribution >= 0.6 is 0 Å².